The average molecular weight is 277 g/mol. The molecule has 4 heterocycles. The molecule has 0 radical (unpaired) electrons. The highest BCUT2D eigenvalue weighted by molar-refractivity contribution is 5.77. The molecular weight excluding hydrogens is 248 g/mol. The molecule has 0 aromatic carbocycles. The van der Waals surface area contributed by atoms with Crippen LogP contribution in [0.5, 0.6) is 0 Å². The fourth-order valence-corrected chi connectivity index (χ4v) is 6.29. The summed E-state index contributed by atoms with van der Waals surface area (Å²) in [6.07, 6.45) is 8.76. The molecule has 0 unspecified atom stereocenters. The average Bonchev–Trinajstić information content (AvgIpc) is 2.49. The fourth-order valence-electron chi connectivity index (χ4n) is 6.29. The van der Waals surface area contributed by atoms with Gasteiger partial charge in [0, 0.05) is 30.8 Å². The van der Waals surface area contributed by atoms with Gasteiger partial charge in [0.05, 0.1) is 25.7 Å². The smallest absolute Gasteiger partial charge is 0.222 e. The number of amides is 1. The number of hydrogen-bond donors (Lipinski definition) is 0. The highest BCUT2D eigenvalue weighted by atomic mass is 16.2. The summed E-state index contributed by atoms with van der Waals surface area (Å²) in [6.45, 7) is 7.63. The van der Waals surface area contributed by atoms with Crippen molar-refractivity contribution in [3.05, 3.63) is 0 Å². The zero-order chi connectivity index (χ0) is 13.7. The molecule has 4 aliphatic heterocycles. The molecule has 4 aliphatic rings. The van der Waals surface area contributed by atoms with Crippen molar-refractivity contribution in [2.45, 2.75) is 64.0 Å². The van der Waals surface area contributed by atoms with Gasteiger partial charge in [-0.15, -0.1) is 0 Å². The van der Waals surface area contributed by atoms with E-state index in [4.69, 9.17) is 0 Å². The molecule has 3 heteroatoms. The Morgan fingerprint density at radius 1 is 1.15 bits per heavy atom. The van der Waals surface area contributed by atoms with Gasteiger partial charge in [0.25, 0.3) is 0 Å². The number of nitrogens with zero attached hydrogens (tertiary/aromatic N) is 2. The molecule has 0 aliphatic carbocycles. The molecule has 3 nitrogen and oxygen atoms in total. The Balaban J connectivity index is 1.70. The number of carbonyl (C=O) groups is 1. The van der Waals surface area contributed by atoms with Crippen molar-refractivity contribution in [1.29, 1.82) is 0 Å². The maximum absolute atomic E-state index is 12.3. The highest BCUT2D eigenvalue weighted by Crippen LogP contribution is 2.48. The van der Waals surface area contributed by atoms with Crippen molar-refractivity contribution >= 4 is 5.91 Å². The van der Waals surface area contributed by atoms with Gasteiger partial charge in [-0.25, -0.2) is 0 Å². The van der Waals surface area contributed by atoms with Gasteiger partial charge in [-0.05, 0) is 45.4 Å². The van der Waals surface area contributed by atoms with E-state index < -0.39 is 0 Å². The molecule has 1 amide bonds. The third-order valence-electron chi connectivity index (χ3n) is 7.04. The van der Waals surface area contributed by atoms with Crippen LogP contribution in [0.3, 0.4) is 0 Å². The van der Waals surface area contributed by atoms with Crippen molar-refractivity contribution in [3.8, 4) is 0 Å². The van der Waals surface area contributed by atoms with Crippen molar-refractivity contribution in [2.24, 2.45) is 11.8 Å². The zero-order valence-electron chi connectivity index (χ0n) is 12.9. The van der Waals surface area contributed by atoms with E-state index in [0.29, 0.717) is 11.9 Å². The molecule has 4 rings (SSSR count). The van der Waals surface area contributed by atoms with E-state index in [9.17, 15) is 4.79 Å². The van der Waals surface area contributed by atoms with Crippen LogP contribution in [0.1, 0.15) is 51.9 Å². The van der Waals surface area contributed by atoms with Crippen molar-refractivity contribution < 1.29 is 9.28 Å². The number of carbonyl (C=O) groups excluding carboxylic acids is 1. The monoisotopic (exact) mass is 277 g/mol. The van der Waals surface area contributed by atoms with Crippen LogP contribution in [0.15, 0.2) is 0 Å². The maximum atomic E-state index is 12.3. The lowest BCUT2D eigenvalue weighted by molar-refractivity contribution is -0.968. The van der Waals surface area contributed by atoms with Crippen molar-refractivity contribution in [1.82, 2.24) is 4.90 Å². The third-order valence-corrected chi connectivity index (χ3v) is 7.04. The Hall–Kier alpha value is -0.570. The number of fused-ring (bicyclic) bond motifs is 2. The van der Waals surface area contributed by atoms with E-state index in [1.807, 2.05) is 0 Å². The Morgan fingerprint density at radius 3 is 2.75 bits per heavy atom. The second kappa shape index (κ2) is 4.72. The standard InChI is InChI=1S/C17H29N2O/c1-2-19-10-4-6-13-12-18-15(8-3-9-16(18)20)14(17(13)19)7-5-11-19/h13-15,17H,2-12H2,1H3/q+1/t13-,14+,15-,17-,19+/m1/s1. The van der Waals surface area contributed by atoms with Crippen molar-refractivity contribution in [2.75, 3.05) is 26.2 Å². The van der Waals surface area contributed by atoms with E-state index in [-0.39, 0.29) is 0 Å². The van der Waals surface area contributed by atoms with Gasteiger partial charge < -0.3 is 9.38 Å². The number of quaternary nitrogens is 1. The molecule has 20 heavy (non-hydrogen) atoms. The summed E-state index contributed by atoms with van der Waals surface area (Å²) in [7, 11) is 0. The van der Waals surface area contributed by atoms with Crippen LogP contribution in [0.4, 0.5) is 0 Å². The van der Waals surface area contributed by atoms with Gasteiger partial charge in [0.2, 0.25) is 5.91 Å². The second-order valence-corrected chi connectivity index (χ2v) is 7.69. The molecule has 0 N–H and O–H groups in total. The zero-order valence-corrected chi connectivity index (χ0v) is 12.9. The molecule has 5 atom stereocenters. The number of hydrogen-bond acceptors (Lipinski definition) is 1. The quantitative estimate of drug-likeness (QED) is 0.674. The maximum Gasteiger partial charge on any atom is 0.222 e. The van der Waals surface area contributed by atoms with E-state index in [1.165, 1.54) is 56.2 Å². The van der Waals surface area contributed by atoms with Crippen LogP contribution >= 0.6 is 0 Å². The van der Waals surface area contributed by atoms with Crippen molar-refractivity contribution in [3.63, 3.8) is 0 Å². The Kier molecular flexibility index (Phi) is 3.10. The van der Waals surface area contributed by atoms with Crippen LogP contribution in [-0.2, 0) is 4.79 Å². The Labute approximate surface area is 122 Å². The largest absolute Gasteiger partial charge is 0.339 e. The van der Waals surface area contributed by atoms with Crippen LogP contribution in [0.25, 0.3) is 0 Å². The first-order valence-corrected chi connectivity index (χ1v) is 8.90. The van der Waals surface area contributed by atoms with Crippen LogP contribution in [-0.4, -0.2) is 53.6 Å². The summed E-state index contributed by atoms with van der Waals surface area (Å²) in [5.41, 5.74) is 0. The van der Waals surface area contributed by atoms with Crippen LogP contribution in [0, 0.1) is 11.8 Å². The summed E-state index contributed by atoms with van der Waals surface area (Å²) in [5, 5.41) is 0. The molecule has 0 saturated carbocycles. The minimum absolute atomic E-state index is 0.463. The molecule has 0 spiro atoms. The van der Waals surface area contributed by atoms with Gasteiger partial charge >= 0.3 is 0 Å². The van der Waals surface area contributed by atoms with Crippen LogP contribution < -0.4 is 0 Å². The van der Waals surface area contributed by atoms with Gasteiger partial charge in [-0.2, -0.15) is 0 Å². The minimum Gasteiger partial charge on any atom is -0.339 e. The molecule has 0 bridgehead atoms. The first kappa shape index (κ1) is 13.1. The summed E-state index contributed by atoms with van der Waals surface area (Å²) >= 11 is 0. The molecular formula is C17H29N2O+. The second-order valence-electron chi connectivity index (χ2n) is 7.69. The number of rotatable bonds is 1. The van der Waals surface area contributed by atoms with E-state index >= 15 is 0 Å². The van der Waals surface area contributed by atoms with Gasteiger partial charge in [-0.1, -0.05) is 0 Å². The molecule has 4 saturated heterocycles. The predicted octanol–water partition coefficient (Wildman–Crippen LogP) is 2.41. The lowest BCUT2D eigenvalue weighted by Gasteiger charge is -2.62. The van der Waals surface area contributed by atoms with Gasteiger partial charge in [0.15, 0.2) is 0 Å². The fraction of sp³-hybridized carbons (Fsp3) is 0.941. The number of piperidine rings is 4. The van der Waals surface area contributed by atoms with Crippen LogP contribution in [0.2, 0.25) is 0 Å². The third kappa shape index (κ3) is 1.71. The van der Waals surface area contributed by atoms with E-state index in [1.54, 1.807) is 0 Å². The van der Waals surface area contributed by atoms with E-state index in [0.717, 1.165) is 37.3 Å². The molecule has 112 valence electrons. The normalized spacial score (nSPS) is 47.6. The van der Waals surface area contributed by atoms with Gasteiger partial charge in [0.1, 0.15) is 0 Å². The lowest BCUT2D eigenvalue weighted by Crippen LogP contribution is -2.73. The minimum atomic E-state index is 0.463. The Morgan fingerprint density at radius 2 is 1.95 bits per heavy atom. The molecule has 0 aromatic rings. The first-order valence-electron chi connectivity index (χ1n) is 8.90. The highest BCUT2D eigenvalue weighted by Gasteiger charge is 2.57. The van der Waals surface area contributed by atoms with Gasteiger partial charge in [-0.3, -0.25) is 4.79 Å². The van der Waals surface area contributed by atoms with E-state index in [2.05, 4.69) is 11.8 Å². The molecule has 0 aromatic heterocycles. The summed E-state index contributed by atoms with van der Waals surface area (Å²) in [5.74, 6) is 2.07. The predicted molar refractivity (Wildman–Crippen MR) is 79.1 cm³/mol. The summed E-state index contributed by atoms with van der Waals surface area (Å²) in [4.78, 5) is 14.7. The summed E-state index contributed by atoms with van der Waals surface area (Å²) in [6, 6.07) is 1.48. The SMILES string of the molecule is CC[N@+]12CCC[C@@H]3CN4C(=O)CCC[C@@H]4[C@H](CCC1)[C@@H]32. The summed E-state index contributed by atoms with van der Waals surface area (Å²) < 4.78 is 1.40. The lowest BCUT2D eigenvalue weighted by atomic mass is 9.66. The Bertz CT molecular complexity index is 406. The molecule has 4 fully saturated rings. The first-order chi connectivity index (χ1) is 9.75. The topological polar surface area (TPSA) is 20.3 Å².